The maximum atomic E-state index is 12.5. The fourth-order valence-electron chi connectivity index (χ4n) is 3.89. The normalized spacial score (nSPS) is 17.0. The number of hydrogen-bond acceptors (Lipinski definition) is 4. The summed E-state index contributed by atoms with van der Waals surface area (Å²) in [5.41, 5.74) is 3.34. The van der Waals surface area contributed by atoms with Gasteiger partial charge in [0.2, 0.25) is 0 Å². The molecule has 0 spiro atoms. The Bertz CT molecular complexity index is 777. The SMILES string of the molecule is COc1ccc(NC(=O)N2CCN(c3ccc(N4CCCC4)cc3)CC2)cc1. The molecule has 6 heteroatoms. The van der Waals surface area contributed by atoms with Gasteiger partial charge >= 0.3 is 6.03 Å². The Morgan fingerprint density at radius 1 is 0.786 bits per heavy atom. The van der Waals surface area contributed by atoms with Gasteiger partial charge in [0.05, 0.1) is 7.11 Å². The molecule has 0 atom stereocenters. The molecule has 28 heavy (non-hydrogen) atoms. The Morgan fingerprint density at radius 3 is 1.86 bits per heavy atom. The van der Waals surface area contributed by atoms with Crippen LogP contribution in [0.15, 0.2) is 48.5 Å². The molecule has 0 saturated carbocycles. The number of benzene rings is 2. The van der Waals surface area contributed by atoms with Gasteiger partial charge in [0, 0.05) is 56.3 Å². The highest BCUT2D eigenvalue weighted by atomic mass is 16.5. The molecule has 1 N–H and O–H groups in total. The summed E-state index contributed by atoms with van der Waals surface area (Å²) in [6.45, 7) is 5.46. The van der Waals surface area contributed by atoms with Gasteiger partial charge in [0.25, 0.3) is 0 Å². The van der Waals surface area contributed by atoms with Gasteiger partial charge in [-0.15, -0.1) is 0 Å². The van der Waals surface area contributed by atoms with Crippen molar-refractivity contribution in [3.05, 3.63) is 48.5 Å². The molecule has 2 aliphatic rings. The topological polar surface area (TPSA) is 48.1 Å². The molecule has 0 aromatic heterocycles. The first-order valence-corrected chi connectivity index (χ1v) is 10.0. The Kier molecular flexibility index (Phi) is 5.55. The highest BCUT2D eigenvalue weighted by Gasteiger charge is 2.21. The van der Waals surface area contributed by atoms with Crippen LogP contribution in [-0.4, -0.2) is 57.3 Å². The van der Waals surface area contributed by atoms with E-state index in [2.05, 4.69) is 39.4 Å². The molecular weight excluding hydrogens is 352 g/mol. The van der Waals surface area contributed by atoms with Crippen LogP contribution in [0.1, 0.15) is 12.8 Å². The lowest BCUT2D eigenvalue weighted by Crippen LogP contribution is -2.50. The van der Waals surface area contributed by atoms with E-state index in [9.17, 15) is 4.79 Å². The van der Waals surface area contributed by atoms with E-state index in [0.29, 0.717) is 0 Å². The average Bonchev–Trinajstić information content (AvgIpc) is 3.29. The highest BCUT2D eigenvalue weighted by molar-refractivity contribution is 5.89. The average molecular weight is 380 g/mol. The summed E-state index contributed by atoms with van der Waals surface area (Å²) in [5.74, 6) is 0.780. The summed E-state index contributed by atoms with van der Waals surface area (Å²) in [6, 6.07) is 16.2. The standard InChI is InChI=1S/C22H28N4O2/c1-28-21-10-4-18(5-11-21)23-22(27)26-16-14-25(15-17-26)20-8-6-19(7-9-20)24-12-2-3-13-24/h4-11H,2-3,12-17H2,1H3,(H,23,27). The van der Waals surface area contributed by atoms with Crippen LogP contribution < -0.4 is 19.9 Å². The smallest absolute Gasteiger partial charge is 0.321 e. The molecule has 2 amide bonds. The molecule has 0 aliphatic carbocycles. The molecule has 2 heterocycles. The quantitative estimate of drug-likeness (QED) is 0.880. The fourth-order valence-corrected chi connectivity index (χ4v) is 3.89. The van der Waals surface area contributed by atoms with E-state index in [4.69, 9.17) is 4.74 Å². The van der Waals surface area contributed by atoms with Gasteiger partial charge in [0.1, 0.15) is 5.75 Å². The number of piperazine rings is 1. The lowest BCUT2D eigenvalue weighted by atomic mass is 10.2. The molecule has 6 nitrogen and oxygen atoms in total. The van der Waals surface area contributed by atoms with Crippen molar-refractivity contribution in [2.24, 2.45) is 0 Å². The minimum Gasteiger partial charge on any atom is -0.497 e. The number of anilines is 3. The Labute approximate surface area is 166 Å². The summed E-state index contributed by atoms with van der Waals surface area (Å²) in [4.78, 5) is 19.2. The first-order chi connectivity index (χ1) is 13.7. The Hall–Kier alpha value is -2.89. The van der Waals surface area contributed by atoms with Gasteiger partial charge < -0.3 is 24.8 Å². The van der Waals surface area contributed by atoms with Crippen LogP contribution >= 0.6 is 0 Å². The molecule has 2 saturated heterocycles. The predicted octanol–water partition coefficient (Wildman–Crippen LogP) is 3.65. The fraction of sp³-hybridized carbons (Fsp3) is 0.409. The number of ether oxygens (including phenoxy) is 1. The van der Waals surface area contributed by atoms with Crippen molar-refractivity contribution in [3.63, 3.8) is 0 Å². The predicted molar refractivity (Wildman–Crippen MR) is 114 cm³/mol. The zero-order valence-corrected chi connectivity index (χ0v) is 16.4. The number of amides is 2. The molecule has 2 fully saturated rings. The molecule has 2 aromatic carbocycles. The number of carbonyl (C=O) groups excluding carboxylic acids is 1. The van der Waals surface area contributed by atoms with Crippen molar-refractivity contribution < 1.29 is 9.53 Å². The molecule has 2 aromatic rings. The van der Waals surface area contributed by atoms with E-state index in [1.54, 1.807) is 7.11 Å². The van der Waals surface area contributed by atoms with Crippen LogP contribution in [0, 0.1) is 0 Å². The lowest BCUT2D eigenvalue weighted by molar-refractivity contribution is 0.208. The van der Waals surface area contributed by atoms with Crippen LogP contribution in [0.3, 0.4) is 0 Å². The van der Waals surface area contributed by atoms with Crippen molar-refractivity contribution in [1.82, 2.24) is 4.90 Å². The molecule has 148 valence electrons. The van der Waals surface area contributed by atoms with Crippen LogP contribution in [0.25, 0.3) is 0 Å². The summed E-state index contributed by atoms with van der Waals surface area (Å²) in [6.07, 6.45) is 2.59. The monoisotopic (exact) mass is 380 g/mol. The summed E-state index contributed by atoms with van der Waals surface area (Å²) in [7, 11) is 1.63. The summed E-state index contributed by atoms with van der Waals surface area (Å²) >= 11 is 0. The third-order valence-electron chi connectivity index (χ3n) is 5.59. The van der Waals surface area contributed by atoms with Gasteiger partial charge in [-0.05, 0) is 61.4 Å². The Balaban J connectivity index is 1.29. The second-order valence-corrected chi connectivity index (χ2v) is 7.34. The van der Waals surface area contributed by atoms with Gasteiger partial charge in [-0.3, -0.25) is 0 Å². The van der Waals surface area contributed by atoms with Gasteiger partial charge in [0.15, 0.2) is 0 Å². The zero-order valence-electron chi connectivity index (χ0n) is 16.4. The second kappa shape index (κ2) is 8.42. The van der Waals surface area contributed by atoms with Crippen LogP contribution in [0.5, 0.6) is 5.75 Å². The van der Waals surface area contributed by atoms with E-state index in [-0.39, 0.29) is 6.03 Å². The minimum atomic E-state index is -0.0470. The first kappa shape index (κ1) is 18.5. The van der Waals surface area contributed by atoms with Gasteiger partial charge in [-0.1, -0.05) is 0 Å². The van der Waals surface area contributed by atoms with E-state index < -0.39 is 0 Å². The lowest BCUT2D eigenvalue weighted by Gasteiger charge is -2.36. The Morgan fingerprint density at radius 2 is 1.32 bits per heavy atom. The van der Waals surface area contributed by atoms with Crippen molar-refractivity contribution >= 4 is 23.1 Å². The van der Waals surface area contributed by atoms with Crippen LogP contribution in [0.4, 0.5) is 21.9 Å². The number of hydrogen-bond donors (Lipinski definition) is 1. The number of rotatable bonds is 4. The van der Waals surface area contributed by atoms with Crippen molar-refractivity contribution in [1.29, 1.82) is 0 Å². The summed E-state index contributed by atoms with van der Waals surface area (Å²) < 4.78 is 5.15. The zero-order chi connectivity index (χ0) is 19.3. The number of nitrogens with zero attached hydrogens (tertiary/aromatic N) is 3. The number of carbonyl (C=O) groups is 1. The second-order valence-electron chi connectivity index (χ2n) is 7.34. The largest absolute Gasteiger partial charge is 0.497 e. The molecule has 2 aliphatic heterocycles. The molecule has 0 unspecified atom stereocenters. The minimum absolute atomic E-state index is 0.0470. The highest BCUT2D eigenvalue weighted by Crippen LogP contribution is 2.24. The number of nitrogens with one attached hydrogen (secondary N) is 1. The number of urea groups is 1. The van der Waals surface area contributed by atoms with Crippen molar-refractivity contribution in [3.8, 4) is 5.75 Å². The first-order valence-electron chi connectivity index (χ1n) is 10.0. The van der Waals surface area contributed by atoms with E-state index in [0.717, 1.165) is 37.6 Å². The molecule has 4 rings (SSSR count). The van der Waals surface area contributed by atoms with E-state index >= 15 is 0 Å². The van der Waals surface area contributed by atoms with E-state index in [1.165, 1.54) is 37.3 Å². The molecular formula is C22H28N4O2. The van der Waals surface area contributed by atoms with Gasteiger partial charge in [-0.2, -0.15) is 0 Å². The third kappa shape index (κ3) is 4.16. The molecule has 0 bridgehead atoms. The third-order valence-corrected chi connectivity index (χ3v) is 5.59. The maximum Gasteiger partial charge on any atom is 0.321 e. The van der Waals surface area contributed by atoms with Crippen molar-refractivity contribution in [2.45, 2.75) is 12.8 Å². The van der Waals surface area contributed by atoms with E-state index in [1.807, 2.05) is 29.2 Å². The maximum absolute atomic E-state index is 12.5. The number of methoxy groups -OCH3 is 1. The summed E-state index contributed by atoms with van der Waals surface area (Å²) in [5, 5.41) is 2.96. The van der Waals surface area contributed by atoms with Crippen molar-refractivity contribution in [2.75, 3.05) is 61.5 Å². The molecule has 0 radical (unpaired) electrons. The van der Waals surface area contributed by atoms with Crippen LogP contribution in [-0.2, 0) is 0 Å². The van der Waals surface area contributed by atoms with Gasteiger partial charge in [-0.25, -0.2) is 4.79 Å². The van der Waals surface area contributed by atoms with Crippen LogP contribution in [0.2, 0.25) is 0 Å².